The first-order valence-corrected chi connectivity index (χ1v) is 11.9. The Morgan fingerprint density at radius 3 is 2.41 bits per heavy atom. The summed E-state index contributed by atoms with van der Waals surface area (Å²) in [5.74, 6) is 2.38. The predicted molar refractivity (Wildman–Crippen MR) is 136 cm³/mol. The Morgan fingerprint density at radius 2 is 1.76 bits per heavy atom. The molecule has 1 N–H and O–H groups in total. The fraction of sp³-hybridized carbons (Fsp3) is 0.296. The number of imidazole rings is 1. The number of aryl methyl sites for hydroxylation is 1. The van der Waals surface area contributed by atoms with E-state index in [1.165, 1.54) is 4.57 Å². The van der Waals surface area contributed by atoms with E-state index in [1.807, 2.05) is 30.3 Å². The molecule has 37 heavy (non-hydrogen) atoms. The highest BCUT2D eigenvalue weighted by Gasteiger charge is 2.34. The zero-order valence-electron chi connectivity index (χ0n) is 21.0. The summed E-state index contributed by atoms with van der Waals surface area (Å²) < 4.78 is 46.1. The van der Waals surface area contributed by atoms with Gasteiger partial charge in [-0.15, -0.1) is 0 Å². The highest BCUT2D eigenvalue weighted by atomic mass is 19.4. The van der Waals surface area contributed by atoms with Gasteiger partial charge in [-0.2, -0.15) is 18.2 Å². The Hall–Kier alpha value is -4.08. The summed E-state index contributed by atoms with van der Waals surface area (Å²) in [5.41, 5.74) is 3.53. The Bertz CT molecular complexity index is 1430. The number of nitrogens with one attached hydrogen (secondary N) is 1. The number of hydrogen-bond donors (Lipinski definition) is 1. The van der Waals surface area contributed by atoms with Crippen molar-refractivity contribution in [1.82, 2.24) is 19.5 Å². The van der Waals surface area contributed by atoms with Crippen LogP contribution in [-0.4, -0.2) is 33.3 Å². The fourth-order valence-corrected chi connectivity index (χ4v) is 4.52. The summed E-state index contributed by atoms with van der Waals surface area (Å²) in [5, 5.41) is 3.32. The lowest BCUT2D eigenvalue weighted by molar-refractivity contribution is -0.140. The number of methoxy groups -OCH3 is 1. The molecule has 1 aliphatic rings. The van der Waals surface area contributed by atoms with Crippen molar-refractivity contribution in [2.24, 2.45) is 7.05 Å². The van der Waals surface area contributed by atoms with Crippen LogP contribution < -0.4 is 15.0 Å². The van der Waals surface area contributed by atoms with Crippen molar-refractivity contribution < 1.29 is 17.9 Å². The van der Waals surface area contributed by atoms with Crippen LogP contribution in [0.15, 0.2) is 54.7 Å². The van der Waals surface area contributed by atoms with Crippen LogP contribution in [0.2, 0.25) is 0 Å². The van der Waals surface area contributed by atoms with E-state index in [4.69, 9.17) is 9.72 Å². The molecule has 192 valence electrons. The number of ether oxygens (including phenoxy) is 1. The molecule has 0 aliphatic carbocycles. The summed E-state index contributed by atoms with van der Waals surface area (Å²) in [4.78, 5) is 15.4. The molecule has 0 fully saturated rings. The minimum absolute atomic E-state index is 0.262. The van der Waals surface area contributed by atoms with Crippen LogP contribution in [0.5, 0.6) is 5.88 Å². The van der Waals surface area contributed by atoms with Crippen LogP contribution in [0.25, 0.3) is 22.8 Å². The number of aromatic nitrogens is 4. The maximum Gasteiger partial charge on any atom is 0.434 e. The van der Waals surface area contributed by atoms with Gasteiger partial charge in [0.1, 0.15) is 11.5 Å². The van der Waals surface area contributed by atoms with Gasteiger partial charge < -0.3 is 19.5 Å². The molecule has 0 saturated carbocycles. The molecule has 4 aromatic rings. The van der Waals surface area contributed by atoms with Crippen molar-refractivity contribution in [2.45, 2.75) is 32.5 Å². The SMILES string of the molecule is COc1nc(-c2ccccc2C(C)C)nc2c1NCN2Cc1ccc(-c2nc(C(F)(F)F)cn2C)cc1. The summed E-state index contributed by atoms with van der Waals surface area (Å²) in [6.07, 6.45) is -3.48. The highest BCUT2D eigenvalue weighted by Crippen LogP contribution is 2.40. The first-order chi connectivity index (χ1) is 17.7. The molecule has 7 nitrogen and oxygen atoms in total. The molecule has 2 aromatic heterocycles. The number of hydrogen-bond acceptors (Lipinski definition) is 6. The normalized spacial score (nSPS) is 13.1. The van der Waals surface area contributed by atoms with Crippen LogP contribution in [0.4, 0.5) is 24.7 Å². The third-order valence-electron chi connectivity index (χ3n) is 6.37. The fourth-order valence-electron chi connectivity index (χ4n) is 4.52. The van der Waals surface area contributed by atoms with Gasteiger partial charge in [0.05, 0.1) is 13.8 Å². The average molecular weight is 509 g/mol. The van der Waals surface area contributed by atoms with E-state index in [9.17, 15) is 13.2 Å². The van der Waals surface area contributed by atoms with E-state index >= 15 is 0 Å². The van der Waals surface area contributed by atoms with Crippen molar-refractivity contribution in [3.63, 3.8) is 0 Å². The molecular formula is C27H27F3N6O. The maximum atomic E-state index is 13.1. The summed E-state index contributed by atoms with van der Waals surface area (Å²) in [6, 6.07) is 15.4. The molecule has 0 radical (unpaired) electrons. The Balaban J connectivity index is 1.43. The van der Waals surface area contributed by atoms with Crippen molar-refractivity contribution in [1.29, 1.82) is 0 Å². The number of benzene rings is 2. The summed E-state index contributed by atoms with van der Waals surface area (Å²) in [6.45, 7) is 5.33. The van der Waals surface area contributed by atoms with Gasteiger partial charge in [-0.1, -0.05) is 62.4 Å². The van der Waals surface area contributed by atoms with Crippen LogP contribution in [0.3, 0.4) is 0 Å². The van der Waals surface area contributed by atoms with E-state index < -0.39 is 11.9 Å². The molecule has 0 spiro atoms. The van der Waals surface area contributed by atoms with E-state index in [-0.39, 0.29) is 5.82 Å². The molecule has 10 heteroatoms. The number of nitrogens with zero attached hydrogens (tertiary/aromatic N) is 5. The lowest BCUT2D eigenvalue weighted by Crippen LogP contribution is -2.22. The quantitative estimate of drug-likeness (QED) is 0.340. The summed E-state index contributed by atoms with van der Waals surface area (Å²) in [7, 11) is 3.14. The third-order valence-corrected chi connectivity index (χ3v) is 6.37. The first kappa shape index (κ1) is 24.6. The van der Waals surface area contributed by atoms with Gasteiger partial charge in [0, 0.05) is 30.9 Å². The molecule has 0 unspecified atom stereocenters. The molecule has 0 atom stereocenters. The van der Waals surface area contributed by atoms with Crippen molar-refractivity contribution in [3.05, 3.63) is 71.5 Å². The minimum atomic E-state index is -4.48. The largest absolute Gasteiger partial charge is 0.479 e. The van der Waals surface area contributed by atoms with Crippen molar-refractivity contribution in [3.8, 4) is 28.7 Å². The smallest absolute Gasteiger partial charge is 0.434 e. The zero-order chi connectivity index (χ0) is 26.3. The molecule has 5 rings (SSSR count). The van der Waals surface area contributed by atoms with E-state index in [1.54, 1.807) is 26.3 Å². The molecule has 0 amide bonds. The van der Waals surface area contributed by atoms with Crippen molar-refractivity contribution in [2.75, 3.05) is 24.0 Å². The molecule has 0 saturated heterocycles. The number of anilines is 2. The number of fused-ring (bicyclic) bond motifs is 1. The van der Waals surface area contributed by atoms with Crippen molar-refractivity contribution >= 4 is 11.5 Å². The number of rotatable bonds is 6. The third kappa shape index (κ3) is 4.71. The standard InChI is InChI=1S/C27H27F3N6O/c1-16(2)19-7-5-6-8-20(19)23-33-25-22(26(34-23)37-4)31-15-36(25)13-17-9-11-18(12-10-17)24-32-21(14-35(24)3)27(28,29)30/h5-12,14,16,31H,13,15H2,1-4H3. The van der Waals surface area contributed by atoms with Gasteiger partial charge in [-0.3, -0.25) is 0 Å². The zero-order valence-corrected chi connectivity index (χ0v) is 21.0. The van der Waals surface area contributed by atoms with Gasteiger partial charge in [0.25, 0.3) is 0 Å². The van der Waals surface area contributed by atoms with E-state index in [0.717, 1.165) is 34.4 Å². The number of halogens is 3. The second-order valence-electron chi connectivity index (χ2n) is 9.29. The molecule has 1 aliphatic heterocycles. The molecule has 2 aromatic carbocycles. The van der Waals surface area contributed by atoms with Crippen LogP contribution in [-0.2, 0) is 19.8 Å². The summed E-state index contributed by atoms with van der Waals surface area (Å²) >= 11 is 0. The molecule has 0 bridgehead atoms. The lowest BCUT2D eigenvalue weighted by Gasteiger charge is -2.19. The molecule has 3 heterocycles. The monoisotopic (exact) mass is 508 g/mol. The maximum absolute atomic E-state index is 13.1. The van der Waals surface area contributed by atoms with Gasteiger partial charge >= 0.3 is 6.18 Å². The Morgan fingerprint density at radius 1 is 1.03 bits per heavy atom. The lowest BCUT2D eigenvalue weighted by atomic mass is 9.97. The topological polar surface area (TPSA) is 68.1 Å². The second kappa shape index (κ2) is 9.42. The van der Waals surface area contributed by atoms with Crippen LogP contribution in [0.1, 0.15) is 36.6 Å². The molecular weight excluding hydrogens is 481 g/mol. The van der Waals surface area contributed by atoms with Crippen LogP contribution >= 0.6 is 0 Å². The van der Waals surface area contributed by atoms with Gasteiger partial charge in [-0.25, -0.2) is 9.97 Å². The van der Waals surface area contributed by atoms with E-state index in [0.29, 0.717) is 36.4 Å². The Kier molecular flexibility index (Phi) is 6.26. The van der Waals surface area contributed by atoms with Gasteiger partial charge in [0.2, 0.25) is 5.88 Å². The predicted octanol–water partition coefficient (Wildman–Crippen LogP) is 6.08. The first-order valence-electron chi connectivity index (χ1n) is 11.9. The Labute approximate surface area is 213 Å². The van der Waals surface area contributed by atoms with Crippen LogP contribution in [0, 0.1) is 0 Å². The second-order valence-corrected chi connectivity index (χ2v) is 9.29. The average Bonchev–Trinajstić information content (AvgIpc) is 3.47. The highest BCUT2D eigenvalue weighted by molar-refractivity contribution is 5.78. The van der Waals surface area contributed by atoms with Gasteiger partial charge in [-0.05, 0) is 17.0 Å². The number of alkyl halides is 3. The van der Waals surface area contributed by atoms with Gasteiger partial charge in [0.15, 0.2) is 17.3 Å². The van der Waals surface area contributed by atoms with E-state index in [2.05, 4.69) is 40.1 Å². The minimum Gasteiger partial charge on any atom is -0.479 e.